The van der Waals surface area contributed by atoms with Gasteiger partial charge in [0, 0.05) is 17.5 Å². The maximum Gasteiger partial charge on any atom is 0.501 e. The van der Waals surface area contributed by atoms with E-state index >= 15 is 0 Å². The number of fused-ring (bicyclic) bond motifs is 1. The van der Waals surface area contributed by atoms with Crippen molar-refractivity contribution in [3.8, 4) is 0 Å². The summed E-state index contributed by atoms with van der Waals surface area (Å²) in [7, 11) is -5.55. The molecule has 3 aromatic rings. The van der Waals surface area contributed by atoms with Gasteiger partial charge in [-0.25, -0.2) is 18.1 Å². The molecule has 2 unspecified atom stereocenters. The van der Waals surface area contributed by atoms with Gasteiger partial charge in [-0.3, -0.25) is 9.78 Å². The van der Waals surface area contributed by atoms with Gasteiger partial charge >= 0.3 is 11.5 Å². The van der Waals surface area contributed by atoms with Gasteiger partial charge in [-0.15, -0.1) is 0 Å². The molecule has 0 bridgehead atoms. The second-order valence-electron chi connectivity index (χ2n) is 7.37. The lowest BCUT2D eigenvalue weighted by molar-refractivity contribution is -0.118. The number of alkyl halides is 3. The first kappa shape index (κ1) is 23.0. The molecule has 1 N–H and O–H groups in total. The van der Waals surface area contributed by atoms with E-state index in [1.807, 2.05) is 0 Å². The van der Waals surface area contributed by atoms with E-state index in [9.17, 15) is 31.2 Å². The van der Waals surface area contributed by atoms with Crippen molar-refractivity contribution in [1.82, 2.24) is 10.3 Å². The number of halogens is 4. The second kappa shape index (κ2) is 7.99. The van der Waals surface area contributed by atoms with Gasteiger partial charge in [-0.2, -0.15) is 13.2 Å². The summed E-state index contributed by atoms with van der Waals surface area (Å²) in [5, 5.41) is 3.59. The van der Waals surface area contributed by atoms with Crippen LogP contribution in [0.4, 0.5) is 23.7 Å². The molecule has 12 heteroatoms. The van der Waals surface area contributed by atoms with Crippen LogP contribution < -0.4 is 10.2 Å². The van der Waals surface area contributed by atoms with E-state index in [0.717, 1.165) is 17.0 Å². The van der Waals surface area contributed by atoms with Crippen LogP contribution in [0.1, 0.15) is 18.4 Å². The monoisotopic (exact) mass is 497 g/mol. The number of hydrogen-bond donors (Lipinski definition) is 1. The Bertz CT molecular complexity index is 1380. The summed E-state index contributed by atoms with van der Waals surface area (Å²) in [4.78, 5) is 29.7. The fourth-order valence-corrected chi connectivity index (χ4v) is 4.84. The van der Waals surface area contributed by atoms with Gasteiger partial charge in [-0.1, -0.05) is 36.7 Å². The van der Waals surface area contributed by atoms with Crippen molar-refractivity contribution < 1.29 is 31.2 Å². The lowest BCUT2D eigenvalue weighted by Gasteiger charge is -2.21. The lowest BCUT2D eigenvalue weighted by atomic mass is 9.90. The van der Waals surface area contributed by atoms with Gasteiger partial charge in [0.15, 0.2) is 0 Å². The van der Waals surface area contributed by atoms with E-state index in [1.165, 1.54) is 6.20 Å². The van der Waals surface area contributed by atoms with Gasteiger partial charge < -0.3 is 5.32 Å². The normalized spacial score (nSPS) is 18.0. The minimum Gasteiger partial charge on any atom is -0.325 e. The standard InChI is InChI=1S/C21H15ClF3N3O4S/c1-11(17-14-4-2-3-5-16(14)26-10-15(17)22)18-19(29)28(20(30)27-18)12-6-8-13(9-7-12)33(31,32)21(23,24)25/h2-11,18H,1H3,(H,27,30). The number of carbonyl (C=O) groups excluding carboxylic acids is 2. The maximum absolute atomic E-state index is 13.1. The molecule has 172 valence electrons. The summed E-state index contributed by atoms with van der Waals surface area (Å²) < 4.78 is 61.4. The number of anilines is 1. The number of benzene rings is 2. The minimum atomic E-state index is -5.55. The zero-order valence-electron chi connectivity index (χ0n) is 16.8. The average Bonchev–Trinajstić information content (AvgIpc) is 3.06. The Labute approximate surface area is 191 Å². The molecule has 7 nitrogen and oxygen atoms in total. The van der Waals surface area contributed by atoms with E-state index in [1.54, 1.807) is 31.2 Å². The zero-order chi connectivity index (χ0) is 24.1. The van der Waals surface area contributed by atoms with Gasteiger partial charge in [0.05, 0.1) is 21.1 Å². The Morgan fingerprint density at radius 3 is 2.36 bits per heavy atom. The number of pyridine rings is 1. The Morgan fingerprint density at radius 1 is 1.09 bits per heavy atom. The van der Waals surface area contributed by atoms with E-state index in [-0.39, 0.29) is 5.69 Å². The number of nitrogens with zero attached hydrogens (tertiary/aromatic N) is 2. The Hall–Kier alpha value is -3.18. The SMILES string of the molecule is CC(c1c(Cl)cnc2ccccc12)C1NC(=O)N(c2ccc(S(=O)(=O)C(F)(F)F)cc2)C1=O. The van der Waals surface area contributed by atoms with Crippen molar-refractivity contribution in [2.24, 2.45) is 0 Å². The molecular formula is C21H15ClF3N3O4S. The van der Waals surface area contributed by atoms with Gasteiger partial charge in [0.25, 0.3) is 15.7 Å². The molecule has 1 saturated heterocycles. The van der Waals surface area contributed by atoms with E-state index < -0.39 is 44.1 Å². The predicted molar refractivity (Wildman–Crippen MR) is 115 cm³/mol. The van der Waals surface area contributed by atoms with Gasteiger partial charge in [-0.05, 0) is 35.9 Å². The van der Waals surface area contributed by atoms with E-state index in [4.69, 9.17) is 11.6 Å². The molecule has 0 saturated carbocycles. The smallest absolute Gasteiger partial charge is 0.325 e. The predicted octanol–water partition coefficient (Wildman–Crippen LogP) is 4.41. The van der Waals surface area contributed by atoms with Crippen molar-refractivity contribution in [2.75, 3.05) is 4.90 Å². The average molecular weight is 498 g/mol. The van der Waals surface area contributed by atoms with Crippen LogP contribution in [0.3, 0.4) is 0 Å². The highest BCUT2D eigenvalue weighted by atomic mass is 35.5. The molecule has 33 heavy (non-hydrogen) atoms. The van der Waals surface area contributed by atoms with Crippen LogP contribution in [0.5, 0.6) is 0 Å². The van der Waals surface area contributed by atoms with Crippen molar-refractivity contribution in [3.05, 3.63) is 65.3 Å². The largest absolute Gasteiger partial charge is 0.501 e. The summed E-state index contributed by atoms with van der Waals surface area (Å²) in [6.45, 7) is 1.71. The number of carbonyl (C=O) groups is 2. The quantitative estimate of drug-likeness (QED) is 0.539. The first-order valence-corrected chi connectivity index (χ1v) is 11.4. The molecule has 1 aromatic heterocycles. The molecule has 1 aliphatic rings. The number of hydrogen-bond acceptors (Lipinski definition) is 5. The van der Waals surface area contributed by atoms with Crippen molar-refractivity contribution in [2.45, 2.75) is 29.3 Å². The number of sulfone groups is 1. The van der Waals surface area contributed by atoms with Crippen LogP contribution in [0.2, 0.25) is 5.02 Å². The molecule has 2 atom stereocenters. The van der Waals surface area contributed by atoms with Crippen molar-refractivity contribution in [1.29, 1.82) is 0 Å². The zero-order valence-corrected chi connectivity index (χ0v) is 18.4. The molecule has 0 radical (unpaired) electrons. The molecule has 1 fully saturated rings. The third-order valence-electron chi connectivity index (χ3n) is 5.40. The molecule has 4 rings (SSSR count). The summed E-state index contributed by atoms with van der Waals surface area (Å²) in [5.41, 5.74) is -4.28. The number of nitrogens with one attached hydrogen (secondary N) is 1. The number of aromatic nitrogens is 1. The summed E-state index contributed by atoms with van der Waals surface area (Å²) in [6.07, 6.45) is 1.45. The Kier molecular flexibility index (Phi) is 5.57. The second-order valence-corrected chi connectivity index (χ2v) is 9.72. The van der Waals surface area contributed by atoms with Crippen LogP contribution in [-0.2, 0) is 14.6 Å². The number of amides is 3. The molecule has 1 aliphatic heterocycles. The first-order chi connectivity index (χ1) is 15.4. The fraction of sp³-hybridized carbons (Fsp3) is 0.190. The topological polar surface area (TPSA) is 96.4 Å². The molecule has 3 amide bonds. The van der Waals surface area contributed by atoms with E-state index in [0.29, 0.717) is 33.6 Å². The van der Waals surface area contributed by atoms with E-state index in [2.05, 4.69) is 10.3 Å². The number of imide groups is 1. The highest BCUT2D eigenvalue weighted by Gasteiger charge is 2.47. The molecule has 2 heterocycles. The number of para-hydroxylation sites is 1. The number of rotatable bonds is 4. The number of urea groups is 1. The summed E-state index contributed by atoms with van der Waals surface area (Å²) >= 11 is 6.36. The lowest BCUT2D eigenvalue weighted by Crippen LogP contribution is -2.35. The van der Waals surface area contributed by atoms with Crippen LogP contribution in [0, 0.1) is 0 Å². The fourth-order valence-electron chi connectivity index (χ4n) is 3.76. The van der Waals surface area contributed by atoms with Crippen LogP contribution in [0.25, 0.3) is 10.9 Å². The van der Waals surface area contributed by atoms with Crippen LogP contribution in [-0.4, -0.2) is 36.9 Å². The van der Waals surface area contributed by atoms with Gasteiger partial charge in [0.1, 0.15) is 6.04 Å². The van der Waals surface area contributed by atoms with Crippen LogP contribution in [0.15, 0.2) is 59.6 Å². The highest BCUT2D eigenvalue weighted by Crippen LogP contribution is 2.36. The van der Waals surface area contributed by atoms with Crippen molar-refractivity contribution in [3.63, 3.8) is 0 Å². The molecule has 0 aliphatic carbocycles. The molecule has 0 spiro atoms. The van der Waals surface area contributed by atoms with Gasteiger partial charge in [0.2, 0.25) is 0 Å². The third kappa shape index (κ3) is 3.80. The molecular weight excluding hydrogens is 483 g/mol. The molecule has 2 aromatic carbocycles. The highest BCUT2D eigenvalue weighted by molar-refractivity contribution is 7.92. The summed E-state index contributed by atoms with van der Waals surface area (Å²) in [6, 6.07) is 8.68. The minimum absolute atomic E-state index is 0.0704. The Morgan fingerprint density at radius 2 is 1.73 bits per heavy atom. The first-order valence-electron chi connectivity index (χ1n) is 9.52. The van der Waals surface area contributed by atoms with Crippen molar-refractivity contribution >= 4 is 50.0 Å². The Balaban J connectivity index is 1.66. The maximum atomic E-state index is 13.1. The van der Waals surface area contributed by atoms with Crippen LogP contribution >= 0.6 is 11.6 Å². The third-order valence-corrected chi connectivity index (χ3v) is 7.21. The summed E-state index contributed by atoms with van der Waals surface area (Å²) in [5.74, 6) is -1.23.